The largest absolute Gasteiger partial charge is 0.491 e. The van der Waals surface area contributed by atoms with Gasteiger partial charge in [0.05, 0.1) is 43.0 Å². The van der Waals surface area contributed by atoms with Crippen LogP contribution in [0.5, 0.6) is 5.75 Å². The number of aromatic nitrogens is 2. The van der Waals surface area contributed by atoms with E-state index in [1.165, 1.54) is 25.0 Å². The maximum absolute atomic E-state index is 13.2. The third-order valence-electron chi connectivity index (χ3n) is 15.5. The maximum atomic E-state index is 13.2. The van der Waals surface area contributed by atoms with Gasteiger partial charge in [0.25, 0.3) is 0 Å². The van der Waals surface area contributed by atoms with E-state index in [-0.39, 0.29) is 42.6 Å². The Morgan fingerprint density at radius 2 is 1.75 bits per heavy atom. The van der Waals surface area contributed by atoms with Crippen LogP contribution in [0.25, 0.3) is 22.0 Å². The summed E-state index contributed by atoms with van der Waals surface area (Å²) in [5.41, 5.74) is 9.41. The number of pyridine rings is 1. The number of aromatic carboxylic acids is 1. The highest BCUT2D eigenvalue weighted by atomic mass is 19.4. The number of hydrogen-bond acceptors (Lipinski definition) is 11. The number of rotatable bonds is 16. The second-order valence-corrected chi connectivity index (χ2v) is 21.0. The van der Waals surface area contributed by atoms with E-state index in [0.29, 0.717) is 42.4 Å². The van der Waals surface area contributed by atoms with Crippen molar-refractivity contribution < 1.29 is 57.3 Å². The summed E-state index contributed by atoms with van der Waals surface area (Å²) in [6, 6.07) is 21.7. The Balaban J connectivity index is 0.739. The molecule has 2 saturated heterocycles. The number of alkyl halides is 3. The van der Waals surface area contributed by atoms with E-state index in [2.05, 4.69) is 42.3 Å². The SMILES string of the molecule is CC(C)(CC1CCC(CC2CC(COC[C@@]34CO[C@@H](O3)[C@H](Nc3cccc(C(F)(F)F)n3)[C@@H](O)[C@H]4O)C2)C1)c1cc(-c2ccc3c(c2)[C@H](N)CO3)cc([C@H](O)Cn2ccc3cccc(C(=O)O)c32)c1. The van der Waals surface area contributed by atoms with Gasteiger partial charge < -0.3 is 55.0 Å². The summed E-state index contributed by atoms with van der Waals surface area (Å²) in [7, 11) is 0. The van der Waals surface area contributed by atoms with Crippen LogP contribution >= 0.6 is 0 Å². The van der Waals surface area contributed by atoms with Crippen LogP contribution in [-0.2, 0) is 32.3 Å². The van der Waals surface area contributed by atoms with Gasteiger partial charge in [-0.15, -0.1) is 0 Å². The molecule has 2 bridgehead atoms. The van der Waals surface area contributed by atoms with Gasteiger partial charge in [0.15, 0.2) is 6.29 Å². The molecule has 0 spiro atoms. The molecule has 5 aromatic rings. The lowest BCUT2D eigenvalue weighted by Crippen LogP contribution is -2.64. The Hall–Kier alpha value is -5.07. The molecule has 3 aromatic carbocycles. The predicted molar refractivity (Wildman–Crippen MR) is 251 cm³/mol. The monoisotopic (exact) mass is 954 g/mol. The molecule has 13 nitrogen and oxygen atoms in total. The first kappa shape index (κ1) is 47.6. The molecule has 5 aliphatic rings. The number of fused-ring (bicyclic) bond motifs is 4. The van der Waals surface area contributed by atoms with E-state index >= 15 is 0 Å². The molecule has 5 heterocycles. The number of nitrogens with one attached hydrogen (secondary N) is 1. The van der Waals surface area contributed by atoms with E-state index in [0.717, 1.165) is 77.1 Å². The van der Waals surface area contributed by atoms with Crippen molar-refractivity contribution in [1.29, 1.82) is 0 Å². The number of para-hydroxylation sites is 1. The van der Waals surface area contributed by atoms with Gasteiger partial charge in [0, 0.05) is 23.8 Å². The van der Waals surface area contributed by atoms with Crippen LogP contribution in [0.4, 0.5) is 19.0 Å². The summed E-state index contributed by atoms with van der Waals surface area (Å²) in [6.07, 6.45) is 0.225. The highest BCUT2D eigenvalue weighted by Gasteiger charge is 2.59. The zero-order valence-electron chi connectivity index (χ0n) is 38.8. The van der Waals surface area contributed by atoms with Crippen molar-refractivity contribution in [1.82, 2.24) is 9.55 Å². The van der Waals surface area contributed by atoms with Crippen LogP contribution in [0.15, 0.2) is 85.1 Å². The Labute approximate surface area is 398 Å². The van der Waals surface area contributed by atoms with Crippen LogP contribution in [0.2, 0.25) is 0 Å². The fourth-order valence-corrected chi connectivity index (χ4v) is 11.9. The average Bonchev–Trinajstić information content (AvgIpc) is 4.12. The van der Waals surface area contributed by atoms with Gasteiger partial charge in [-0.25, -0.2) is 9.78 Å². The average molecular weight is 955 g/mol. The molecule has 0 radical (unpaired) electrons. The number of nitrogens with zero attached hydrogens (tertiary/aromatic N) is 2. The third kappa shape index (κ3) is 9.61. The second kappa shape index (κ2) is 18.6. The molecule has 368 valence electrons. The normalized spacial score (nSPS) is 29.1. The van der Waals surface area contributed by atoms with E-state index in [4.69, 9.17) is 24.7 Å². The van der Waals surface area contributed by atoms with Crippen molar-refractivity contribution in [3.05, 3.63) is 113 Å². The minimum Gasteiger partial charge on any atom is -0.491 e. The highest BCUT2D eigenvalue weighted by Crippen LogP contribution is 2.48. The molecule has 2 aromatic heterocycles. The van der Waals surface area contributed by atoms with Crippen LogP contribution < -0.4 is 15.8 Å². The molecule has 16 heteroatoms. The fraction of sp³-hybridized carbons (Fsp3) is 0.509. The summed E-state index contributed by atoms with van der Waals surface area (Å²) >= 11 is 0. The first-order valence-electron chi connectivity index (χ1n) is 24.1. The smallest absolute Gasteiger partial charge is 0.433 e. The van der Waals surface area contributed by atoms with Crippen LogP contribution in [-0.4, -0.2) is 92.5 Å². The first-order chi connectivity index (χ1) is 32.9. The molecular formula is C53H61F3N4O9. The quantitative estimate of drug-likeness (QED) is 0.0555. The molecule has 2 saturated carbocycles. The second-order valence-electron chi connectivity index (χ2n) is 21.0. The first-order valence-corrected chi connectivity index (χ1v) is 24.1. The lowest BCUT2D eigenvalue weighted by Gasteiger charge is -2.43. The zero-order valence-corrected chi connectivity index (χ0v) is 38.8. The molecule has 3 aliphatic heterocycles. The van der Waals surface area contributed by atoms with Gasteiger partial charge in [-0.1, -0.05) is 63.1 Å². The molecule has 0 amide bonds. The van der Waals surface area contributed by atoms with Crippen LogP contribution in [0, 0.1) is 23.7 Å². The van der Waals surface area contributed by atoms with Crippen molar-refractivity contribution in [3.63, 3.8) is 0 Å². The number of benzene rings is 3. The Morgan fingerprint density at radius 1 is 0.971 bits per heavy atom. The number of nitrogens with two attached hydrogens (primary N) is 1. The Morgan fingerprint density at radius 3 is 2.55 bits per heavy atom. The van der Waals surface area contributed by atoms with E-state index < -0.39 is 54.1 Å². The van der Waals surface area contributed by atoms with Crippen molar-refractivity contribution in [2.45, 2.75) is 119 Å². The predicted octanol–water partition coefficient (Wildman–Crippen LogP) is 8.39. The standard InChI is InChI=1S/C53H61F3N4O9/c1-51(2,37-20-35(34-11-12-42-39(22-34)40(57)26-67-42)19-36(21-37)41(61)24-60-14-13-33-5-3-6-38(46(33)60)49(64)65)23-30-10-9-29(15-30)16-31-17-32(18-31)25-66-27-52-28-68-50(69-52)45(47(62)48(52)63)59-44-8-4-7-43(58-44)53(54,55)56/h3-8,11-14,19-22,29-32,40-41,45,47-48,50,61-63H,9-10,15-18,23-28,57H2,1-2H3,(H,58,59)(H,64,65)/t29?,30?,31?,32?,40-,41-,45-,47-,48-,50+,52+/m1/s1. The number of hydrogen-bond donors (Lipinski definition) is 6. The summed E-state index contributed by atoms with van der Waals surface area (Å²) in [6.45, 7) is 5.66. The van der Waals surface area contributed by atoms with E-state index in [9.17, 15) is 38.4 Å². The van der Waals surface area contributed by atoms with E-state index in [1.807, 2.05) is 41.1 Å². The summed E-state index contributed by atoms with van der Waals surface area (Å²) < 4.78 is 65.3. The number of aliphatic hydroxyl groups excluding tert-OH is 3. The van der Waals surface area contributed by atoms with Gasteiger partial charge in [0.2, 0.25) is 0 Å². The number of carboxylic acid groups (broad SMARTS) is 1. The highest BCUT2D eigenvalue weighted by molar-refractivity contribution is 6.02. The molecule has 4 fully saturated rings. The number of aliphatic hydroxyl groups is 3. The van der Waals surface area contributed by atoms with Gasteiger partial charge in [-0.05, 0) is 126 Å². The summed E-state index contributed by atoms with van der Waals surface area (Å²) in [5, 5.41) is 47.7. The topological polar surface area (TPSA) is 191 Å². The summed E-state index contributed by atoms with van der Waals surface area (Å²) in [5.74, 6) is 1.81. The van der Waals surface area contributed by atoms with Gasteiger partial charge in [-0.3, -0.25) is 0 Å². The van der Waals surface area contributed by atoms with Gasteiger partial charge >= 0.3 is 12.1 Å². The maximum Gasteiger partial charge on any atom is 0.433 e. The lowest BCUT2D eigenvalue weighted by molar-refractivity contribution is -0.231. The number of anilines is 1. The number of ether oxygens (including phenoxy) is 4. The number of carboxylic acids is 1. The van der Waals surface area contributed by atoms with Gasteiger partial charge in [-0.2, -0.15) is 13.2 Å². The Bertz CT molecular complexity index is 2690. The third-order valence-corrected chi connectivity index (χ3v) is 15.5. The van der Waals surface area contributed by atoms with Gasteiger partial charge in [0.1, 0.15) is 47.7 Å². The molecule has 69 heavy (non-hydrogen) atoms. The molecular weight excluding hydrogens is 894 g/mol. The number of carbonyl (C=O) groups is 1. The van der Waals surface area contributed by atoms with Crippen molar-refractivity contribution in [2.75, 3.05) is 31.7 Å². The lowest BCUT2D eigenvalue weighted by atomic mass is 9.70. The zero-order chi connectivity index (χ0) is 48.4. The summed E-state index contributed by atoms with van der Waals surface area (Å²) in [4.78, 5) is 15.8. The molecule has 10 rings (SSSR count). The van der Waals surface area contributed by atoms with E-state index in [1.54, 1.807) is 12.1 Å². The van der Waals surface area contributed by atoms with Crippen molar-refractivity contribution in [3.8, 4) is 16.9 Å². The van der Waals surface area contributed by atoms with Crippen molar-refractivity contribution >= 4 is 22.7 Å². The molecule has 2 unspecified atom stereocenters. The Kier molecular flexibility index (Phi) is 12.8. The molecule has 2 aliphatic carbocycles. The van der Waals surface area contributed by atoms with Crippen molar-refractivity contribution in [2.24, 2.45) is 29.4 Å². The fourth-order valence-electron chi connectivity index (χ4n) is 11.9. The minimum atomic E-state index is -4.64. The minimum absolute atomic E-state index is 0.00919. The van der Waals surface area contributed by atoms with Crippen LogP contribution in [0.1, 0.15) is 104 Å². The molecule has 9 atom stereocenters. The molecule has 7 N–H and O–H groups in total. The van der Waals surface area contributed by atoms with Crippen LogP contribution in [0.3, 0.4) is 0 Å². The number of halogens is 3.